The predicted molar refractivity (Wildman–Crippen MR) is 69.8 cm³/mol. The quantitative estimate of drug-likeness (QED) is 0.608. The van der Waals surface area contributed by atoms with Crippen LogP contribution in [-0.2, 0) is 4.79 Å². The first kappa shape index (κ1) is 14.3. The molecule has 0 radical (unpaired) electrons. The number of hydrogen-bond donors (Lipinski definition) is 0. The summed E-state index contributed by atoms with van der Waals surface area (Å²) in [6.45, 7) is 1.54. The molecule has 0 fully saturated rings. The van der Waals surface area contributed by atoms with Gasteiger partial charge in [-0.1, -0.05) is 23.6 Å². The third kappa shape index (κ3) is 4.63. The number of methoxy groups -OCH3 is 2. The second-order valence-electron chi connectivity index (χ2n) is 3.17. The van der Waals surface area contributed by atoms with Gasteiger partial charge in [0.1, 0.15) is 5.56 Å². The van der Waals surface area contributed by atoms with Crippen molar-refractivity contribution in [2.75, 3.05) is 20.0 Å². The van der Waals surface area contributed by atoms with E-state index in [0.29, 0.717) is 23.6 Å². The summed E-state index contributed by atoms with van der Waals surface area (Å²) in [4.78, 5) is 18.7. The van der Waals surface area contributed by atoms with Crippen molar-refractivity contribution in [1.82, 2.24) is 9.97 Å². The van der Waals surface area contributed by atoms with Crippen molar-refractivity contribution in [3.05, 3.63) is 11.8 Å². The Morgan fingerprint density at radius 3 is 2.83 bits per heavy atom. The Labute approximate surface area is 110 Å². The molecule has 0 unspecified atom stereocenters. The highest BCUT2D eigenvalue weighted by molar-refractivity contribution is 8.13. The van der Waals surface area contributed by atoms with Crippen LogP contribution < -0.4 is 9.47 Å². The SMILES string of the molecule is COc1ncc(C#CCCSC(C)=O)c(OC)n1. The summed E-state index contributed by atoms with van der Waals surface area (Å²) in [5.41, 5.74) is 0.603. The lowest BCUT2D eigenvalue weighted by Gasteiger charge is -2.03. The summed E-state index contributed by atoms with van der Waals surface area (Å²) >= 11 is 1.26. The van der Waals surface area contributed by atoms with E-state index in [0.717, 1.165) is 0 Å². The van der Waals surface area contributed by atoms with Gasteiger partial charge in [0, 0.05) is 19.1 Å². The van der Waals surface area contributed by atoms with E-state index in [1.807, 2.05) is 0 Å². The van der Waals surface area contributed by atoms with E-state index >= 15 is 0 Å². The summed E-state index contributed by atoms with van der Waals surface area (Å²) in [5, 5.41) is 0.0992. The standard InChI is InChI=1S/C12H14N2O3S/c1-9(15)18-7-5-4-6-10-8-13-12(17-3)14-11(10)16-2/h8H,5,7H2,1-3H3. The van der Waals surface area contributed by atoms with Crippen LogP contribution in [0.25, 0.3) is 0 Å². The number of aromatic nitrogens is 2. The van der Waals surface area contributed by atoms with Gasteiger partial charge in [0.05, 0.1) is 20.4 Å². The highest BCUT2D eigenvalue weighted by atomic mass is 32.2. The molecule has 6 heteroatoms. The van der Waals surface area contributed by atoms with E-state index in [1.54, 1.807) is 13.1 Å². The van der Waals surface area contributed by atoms with Crippen LogP contribution in [0.2, 0.25) is 0 Å². The smallest absolute Gasteiger partial charge is 0.319 e. The molecular weight excluding hydrogens is 252 g/mol. The van der Waals surface area contributed by atoms with Gasteiger partial charge in [-0.05, 0) is 0 Å². The lowest BCUT2D eigenvalue weighted by atomic mass is 10.3. The Hall–Kier alpha value is -1.74. The molecule has 0 aliphatic heterocycles. The topological polar surface area (TPSA) is 61.3 Å². The highest BCUT2D eigenvalue weighted by Crippen LogP contribution is 2.15. The zero-order chi connectivity index (χ0) is 13.4. The van der Waals surface area contributed by atoms with Crippen molar-refractivity contribution < 1.29 is 14.3 Å². The second-order valence-corrected chi connectivity index (χ2v) is 4.44. The fourth-order valence-electron chi connectivity index (χ4n) is 1.09. The Balaban J connectivity index is 2.66. The monoisotopic (exact) mass is 266 g/mol. The van der Waals surface area contributed by atoms with Crippen LogP contribution in [0.5, 0.6) is 11.9 Å². The molecule has 18 heavy (non-hydrogen) atoms. The van der Waals surface area contributed by atoms with Crippen LogP contribution in [0.4, 0.5) is 0 Å². The second kappa shape index (κ2) is 7.56. The summed E-state index contributed by atoms with van der Waals surface area (Å²) in [6, 6.07) is 0.240. The van der Waals surface area contributed by atoms with Gasteiger partial charge in [-0.15, -0.1) is 0 Å². The summed E-state index contributed by atoms with van der Waals surface area (Å²) in [6.07, 6.45) is 2.18. The Bertz CT molecular complexity index is 480. The summed E-state index contributed by atoms with van der Waals surface area (Å²) in [7, 11) is 3.00. The predicted octanol–water partition coefficient (Wildman–Crippen LogP) is 1.52. The zero-order valence-electron chi connectivity index (χ0n) is 10.5. The number of rotatable bonds is 4. The van der Waals surface area contributed by atoms with Gasteiger partial charge in [0.2, 0.25) is 5.88 Å². The molecule has 0 saturated heterocycles. The maximum Gasteiger partial charge on any atom is 0.319 e. The fourth-order valence-corrected chi connectivity index (χ4v) is 1.59. The first-order valence-corrected chi connectivity index (χ1v) is 6.23. The molecule has 1 aromatic heterocycles. The average molecular weight is 266 g/mol. The molecule has 1 aromatic rings. The van der Waals surface area contributed by atoms with Gasteiger partial charge in [0.25, 0.3) is 0 Å². The van der Waals surface area contributed by atoms with E-state index in [1.165, 1.54) is 26.0 Å². The van der Waals surface area contributed by atoms with E-state index in [4.69, 9.17) is 9.47 Å². The van der Waals surface area contributed by atoms with Crippen molar-refractivity contribution >= 4 is 16.9 Å². The van der Waals surface area contributed by atoms with Crippen molar-refractivity contribution in [3.63, 3.8) is 0 Å². The third-order valence-corrected chi connectivity index (χ3v) is 2.68. The average Bonchev–Trinajstić information content (AvgIpc) is 2.38. The molecule has 0 saturated carbocycles. The van der Waals surface area contributed by atoms with E-state index < -0.39 is 0 Å². The minimum atomic E-state index is 0.0992. The molecule has 1 heterocycles. The molecule has 0 bridgehead atoms. The van der Waals surface area contributed by atoms with Crippen LogP contribution >= 0.6 is 11.8 Å². The lowest BCUT2D eigenvalue weighted by molar-refractivity contribution is -0.109. The normalized spacial score (nSPS) is 9.28. The Morgan fingerprint density at radius 1 is 1.44 bits per heavy atom. The van der Waals surface area contributed by atoms with Gasteiger partial charge in [-0.2, -0.15) is 4.98 Å². The van der Waals surface area contributed by atoms with Crippen LogP contribution in [0.3, 0.4) is 0 Å². The first-order chi connectivity index (χ1) is 8.67. The molecule has 0 aromatic carbocycles. The Morgan fingerprint density at radius 2 is 2.22 bits per heavy atom. The largest absolute Gasteiger partial charge is 0.480 e. The van der Waals surface area contributed by atoms with Gasteiger partial charge < -0.3 is 9.47 Å². The van der Waals surface area contributed by atoms with Crippen molar-refractivity contribution in [1.29, 1.82) is 0 Å². The molecule has 0 spiro atoms. The van der Waals surface area contributed by atoms with Gasteiger partial charge in [-0.25, -0.2) is 4.98 Å². The van der Waals surface area contributed by atoms with Crippen molar-refractivity contribution in [3.8, 4) is 23.7 Å². The first-order valence-electron chi connectivity index (χ1n) is 5.24. The molecule has 96 valence electrons. The number of hydrogen-bond acceptors (Lipinski definition) is 6. The highest BCUT2D eigenvalue weighted by Gasteiger charge is 2.05. The third-order valence-electron chi connectivity index (χ3n) is 1.86. The van der Waals surface area contributed by atoms with Crippen LogP contribution in [0, 0.1) is 11.8 Å². The summed E-state index contributed by atoms with van der Waals surface area (Å²) in [5.74, 6) is 6.92. The molecule has 0 atom stereocenters. The summed E-state index contributed by atoms with van der Waals surface area (Å²) < 4.78 is 9.98. The molecule has 0 N–H and O–H groups in total. The molecule has 0 aliphatic carbocycles. The zero-order valence-corrected chi connectivity index (χ0v) is 11.3. The minimum Gasteiger partial charge on any atom is -0.480 e. The maximum atomic E-state index is 10.7. The lowest BCUT2D eigenvalue weighted by Crippen LogP contribution is -1.97. The molecule has 5 nitrogen and oxygen atoms in total. The van der Waals surface area contributed by atoms with E-state index in [9.17, 15) is 4.79 Å². The number of nitrogens with zero attached hydrogens (tertiary/aromatic N) is 2. The van der Waals surface area contributed by atoms with Crippen LogP contribution in [0.1, 0.15) is 18.9 Å². The molecular formula is C12H14N2O3S. The van der Waals surface area contributed by atoms with Gasteiger partial charge in [0.15, 0.2) is 5.12 Å². The number of carbonyl (C=O) groups is 1. The minimum absolute atomic E-state index is 0.0992. The maximum absolute atomic E-state index is 10.7. The van der Waals surface area contributed by atoms with E-state index in [-0.39, 0.29) is 11.1 Å². The van der Waals surface area contributed by atoms with Gasteiger partial charge >= 0.3 is 6.01 Å². The van der Waals surface area contributed by atoms with E-state index in [2.05, 4.69) is 21.8 Å². The van der Waals surface area contributed by atoms with Crippen LogP contribution in [0.15, 0.2) is 6.20 Å². The fraction of sp³-hybridized carbons (Fsp3) is 0.417. The number of thioether (sulfide) groups is 1. The van der Waals surface area contributed by atoms with Gasteiger partial charge in [-0.3, -0.25) is 4.79 Å². The van der Waals surface area contributed by atoms with Crippen molar-refractivity contribution in [2.24, 2.45) is 0 Å². The molecule has 1 rings (SSSR count). The number of ether oxygens (including phenoxy) is 2. The van der Waals surface area contributed by atoms with Crippen molar-refractivity contribution in [2.45, 2.75) is 13.3 Å². The molecule has 0 amide bonds. The Kier molecular flexibility index (Phi) is 6.01. The molecule has 0 aliphatic rings. The van der Waals surface area contributed by atoms with Crippen LogP contribution in [-0.4, -0.2) is 35.1 Å². The number of carbonyl (C=O) groups excluding carboxylic acids is 1.